The summed E-state index contributed by atoms with van der Waals surface area (Å²) in [5, 5.41) is 2.71. The summed E-state index contributed by atoms with van der Waals surface area (Å²) < 4.78 is 16.2. The second-order valence-corrected chi connectivity index (χ2v) is 5.67. The van der Waals surface area contributed by atoms with Crippen molar-refractivity contribution < 1.29 is 19.0 Å². The first-order valence-electron chi connectivity index (χ1n) is 8.42. The van der Waals surface area contributed by atoms with Crippen molar-refractivity contribution >= 4 is 11.6 Å². The molecule has 6 heteroatoms. The number of aromatic nitrogens is 1. The number of rotatable bonds is 8. The monoisotopic (exact) mass is 364 g/mol. The van der Waals surface area contributed by atoms with E-state index in [9.17, 15) is 4.79 Å². The van der Waals surface area contributed by atoms with Crippen molar-refractivity contribution in [2.24, 2.45) is 0 Å². The smallest absolute Gasteiger partial charge is 0.262 e. The minimum absolute atomic E-state index is 0.101. The zero-order valence-electron chi connectivity index (χ0n) is 14.9. The summed E-state index contributed by atoms with van der Waals surface area (Å²) >= 11 is 0. The van der Waals surface area contributed by atoms with E-state index in [4.69, 9.17) is 14.2 Å². The molecule has 0 aliphatic heterocycles. The van der Waals surface area contributed by atoms with E-state index in [0.717, 1.165) is 11.3 Å². The summed E-state index contributed by atoms with van der Waals surface area (Å²) in [5.41, 5.74) is 1.68. The van der Waals surface area contributed by atoms with Crippen LogP contribution in [0.5, 0.6) is 17.4 Å². The topological polar surface area (TPSA) is 69.7 Å². The quantitative estimate of drug-likeness (QED) is 0.660. The zero-order valence-corrected chi connectivity index (χ0v) is 14.9. The van der Waals surface area contributed by atoms with Crippen molar-refractivity contribution in [1.29, 1.82) is 0 Å². The number of nitrogens with one attached hydrogen (secondary N) is 1. The predicted octanol–water partition coefficient (Wildman–Crippen LogP) is 3.69. The van der Waals surface area contributed by atoms with E-state index in [1.54, 1.807) is 24.3 Å². The number of amides is 1. The second kappa shape index (κ2) is 9.24. The van der Waals surface area contributed by atoms with Gasteiger partial charge in [0.2, 0.25) is 5.88 Å². The number of anilines is 1. The average molecular weight is 364 g/mol. The van der Waals surface area contributed by atoms with Crippen LogP contribution in [-0.4, -0.2) is 24.6 Å². The summed E-state index contributed by atoms with van der Waals surface area (Å²) in [5.74, 6) is 1.54. The Balaban J connectivity index is 1.44. The molecule has 0 spiro atoms. The van der Waals surface area contributed by atoms with Crippen LogP contribution in [0.1, 0.15) is 5.56 Å². The minimum Gasteiger partial charge on any atom is -0.489 e. The molecule has 3 aromatic rings. The Morgan fingerprint density at radius 1 is 0.926 bits per heavy atom. The molecule has 2 aromatic carbocycles. The first-order valence-corrected chi connectivity index (χ1v) is 8.42. The SMILES string of the molecule is COc1ccc(NC(=O)COc2ccc(OCc3ccccc3)cc2)cn1. The highest BCUT2D eigenvalue weighted by molar-refractivity contribution is 5.91. The minimum atomic E-state index is -0.272. The second-order valence-electron chi connectivity index (χ2n) is 5.67. The van der Waals surface area contributed by atoms with E-state index in [-0.39, 0.29) is 12.5 Å². The summed E-state index contributed by atoms with van der Waals surface area (Å²) in [4.78, 5) is 16.0. The summed E-state index contributed by atoms with van der Waals surface area (Å²) in [6.45, 7) is 0.398. The molecule has 0 atom stereocenters. The number of nitrogens with zero attached hydrogens (tertiary/aromatic N) is 1. The van der Waals surface area contributed by atoms with Crippen LogP contribution in [0.2, 0.25) is 0 Å². The highest BCUT2D eigenvalue weighted by atomic mass is 16.5. The molecular formula is C21H20N2O4. The molecule has 0 aliphatic rings. The Labute approximate surface area is 157 Å². The number of carbonyl (C=O) groups excluding carboxylic acids is 1. The van der Waals surface area contributed by atoms with Gasteiger partial charge in [0, 0.05) is 6.07 Å². The number of methoxy groups -OCH3 is 1. The summed E-state index contributed by atoms with van der Waals surface area (Å²) in [7, 11) is 1.53. The molecule has 1 aromatic heterocycles. The van der Waals surface area contributed by atoms with Crippen LogP contribution in [0, 0.1) is 0 Å². The molecule has 3 rings (SSSR count). The van der Waals surface area contributed by atoms with E-state index >= 15 is 0 Å². The van der Waals surface area contributed by atoms with Gasteiger partial charge >= 0.3 is 0 Å². The molecule has 0 bridgehead atoms. The first-order chi connectivity index (χ1) is 13.2. The van der Waals surface area contributed by atoms with Gasteiger partial charge in [0.25, 0.3) is 5.91 Å². The maximum atomic E-state index is 11.9. The Kier molecular flexibility index (Phi) is 6.25. The highest BCUT2D eigenvalue weighted by Gasteiger charge is 2.05. The van der Waals surface area contributed by atoms with Gasteiger partial charge in [-0.1, -0.05) is 30.3 Å². The third-order valence-electron chi connectivity index (χ3n) is 3.67. The zero-order chi connectivity index (χ0) is 18.9. The lowest BCUT2D eigenvalue weighted by atomic mass is 10.2. The molecular weight excluding hydrogens is 344 g/mol. The van der Waals surface area contributed by atoms with Crippen LogP contribution in [0.15, 0.2) is 72.9 Å². The normalized spacial score (nSPS) is 10.1. The van der Waals surface area contributed by atoms with Gasteiger partial charge in [0.1, 0.15) is 18.1 Å². The fraction of sp³-hybridized carbons (Fsp3) is 0.143. The Hall–Kier alpha value is -3.54. The van der Waals surface area contributed by atoms with Gasteiger partial charge in [-0.2, -0.15) is 0 Å². The van der Waals surface area contributed by atoms with Gasteiger partial charge < -0.3 is 19.5 Å². The van der Waals surface area contributed by atoms with Gasteiger partial charge in [-0.05, 0) is 35.9 Å². The van der Waals surface area contributed by atoms with E-state index in [0.29, 0.717) is 23.9 Å². The van der Waals surface area contributed by atoms with Crippen molar-refractivity contribution in [3.63, 3.8) is 0 Å². The molecule has 0 aliphatic carbocycles. The lowest BCUT2D eigenvalue weighted by molar-refractivity contribution is -0.118. The first kappa shape index (κ1) is 18.3. The number of carbonyl (C=O) groups is 1. The Morgan fingerprint density at radius 2 is 1.63 bits per heavy atom. The van der Waals surface area contributed by atoms with Crippen molar-refractivity contribution in [3.8, 4) is 17.4 Å². The van der Waals surface area contributed by atoms with Gasteiger partial charge in [0.15, 0.2) is 6.61 Å². The van der Waals surface area contributed by atoms with Crippen LogP contribution in [-0.2, 0) is 11.4 Å². The number of ether oxygens (including phenoxy) is 3. The molecule has 0 saturated heterocycles. The molecule has 1 amide bonds. The van der Waals surface area contributed by atoms with E-state index in [1.807, 2.05) is 42.5 Å². The number of hydrogen-bond donors (Lipinski definition) is 1. The van der Waals surface area contributed by atoms with Crippen molar-refractivity contribution in [2.45, 2.75) is 6.61 Å². The third kappa shape index (κ3) is 5.74. The Bertz CT molecular complexity index is 850. The number of hydrogen-bond acceptors (Lipinski definition) is 5. The summed E-state index contributed by atoms with van der Waals surface area (Å²) in [6.07, 6.45) is 1.52. The average Bonchev–Trinajstić information content (AvgIpc) is 2.73. The van der Waals surface area contributed by atoms with Crippen molar-refractivity contribution in [1.82, 2.24) is 4.98 Å². The Morgan fingerprint density at radius 3 is 2.26 bits per heavy atom. The molecule has 27 heavy (non-hydrogen) atoms. The molecule has 1 heterocycles. The molecule has 6 nitrogen and oxygen atoms in total. The fourth-order valence-corrected chi connectivity index (χ4v) is 2.29. The van der Waals surface area contributed by atoms with Crippen molar-refractivity contribution in [2.75, 3.05) is 19.0 Å². The van der Waals surface area contributed by atoms with Crippen molar-refractivity contribution in [3.05, 3.63) is 78.5 Å². The maximum Gasteiger partial charge on any atom is 0.262 e. The maximum absolute atomic E-state index is 11.9. The van der Waals surface area contributed by atoms with Crippen LogP contribution in [0.3, 0.4) is 0 Å². The van der Waals surface area contributed by atoms with E-state index in [1.165, 1.54) is 13.3 Å². The van der Waals surface area contributed by atoms with Gasteiger partial charge in [0.05, 0.1) is 19.0 Å². The lowest BCUT2D eigenvalue weighted by Crippen LogP contribution is -2.20. The largest absolute Gasteiger partial charge is 0.489 e. The predicted molar refractivity (Wildman–Crippen MR) is 102 cm³/mol. The van der Waals surface area contributed by atoms with Crippen LogP contribution >= 0.6 is 0 Å². The van der Waals surface area contributed by atoms with E-state index in [2.05, 4.69) is 10.3 Å². The molecule has 138 valence electrons. The number of pyridine rings is 1. The van der Waals surface area contributed by atoms with Gasteiger partial charge in [-0.3, -0.25) is 4.79 Å². The molecule has 1 N–H and O–H groups in total. The molecule has 0 unspecified atom stereocenters. The van der Waals surface area contributed by atoms with Crippen LogP contribution in [0.25, 0.3) is 0 Å². The molecule has 0 radical (unpaired) electrons. The lowest BCUT2D eigenvalue weighted by Gasteiger charge is -2.09. The molecule has 0 fully saturated rings. The highest BCUT2D eigenvalue weighted by Crippen LogP contribution is 2.19. The summed E-state index contributed by atoms with van der Waals surface area (Å²) in [6, 6.07) is 20.5. The fourth-order valence-electron chi connectivity index (χ4n) is 2.29. The number of benzene rings is 2. The standard InChI is InChI=1S/C21H20N2O4/c1-25-21-12-7-17(13-22-21)23-20(24)15-27-19-10-8-18(9-11-19)26-14-16-5-3-2-4-6-16/h2-13H,14-15H2,1H3,(H,23,24). The van der Waals surface area contributed by atoms with Crippen LogP contribution in [0.4, 0.5) is 5.69 Å². The van der Waals surface area contributed by atoms with E-state index < -0.39 is 0 Å². The molecule has 0 saturated carbocycles. The van der Waals surface area contributed by atoms with Crippen LogP contribution < -0.4 is 19.5 Å². The third-order valence-corrected chi connectivity index (χ3v) is 3.67. The van der Waals surface area contributed by atoms with Gasteiger partial charge in [-0.25, -0.2) is 4.98 Å². The van der Waals surface area contributed by atoms with Gasteiger partial charge in [-0.15, -0.1) is 0 Å².